The van der Waals surface area contributed by atoms with Gasteiger partial charge in [0, 0.05) is 17.1 Å². The molecule has 4 nitrogen and oxygen atoms in total. The predicted octanol–water partition coefficient (Wildman–Crippen LogP) is 2.12. The summed E-state index contributed by atoms with van der Waals surface area (Å²) in [5, 5.41) is 0.502. The molecule has 0 aliphatic rings. The molecule has 1 rings (SSSR count). The van der Waals surface area contributed by atoms with Crippen molar-refractivity contribution in [2.75, 3.05) is 6.61 Å². The molecule has 3 N–H and O–H groups in total. The maximum absolute atomic E-state index is 10.9. The molecule has 0 unspecified atom stereocenters. The molecule has 0 atom stereocenters. The molecule has 1 aromatic rings. The summed E-state index contributed by atoms with van der Waals surface area (Å²) in [5.41, 5.74) is 9.24. The van der Waals surface area contributed by atoms with E-state index in [9.17, 15) is 4.79 Å². The Morgan fingerprint density at radius 3 is 2.76 bits per heavy atom. The van der Waals surface area contributed by atoms with E-state index in [2.05, 4.69) is 19.3 Å². The molecule has 0 saturated carbocycles. The van der Waals surface area contributed by atoms with Crippen molar-refractivity contribution in [1.82, 2.24) is 5.48 Å². The van der Waals surface area contributed by atoms with Crippen LogP contribution in [0.25, 0.3) is 0 Å². The van der Waals surface area contributed by atoms with E-state index in [-0.39, 0.29) is 0 Å². The van der Waals surface area contributed by atoms with Crippen LogP contribution in [0.3, 0.4) is 0 Å². The highest BCUT2D eigenvalue weighted by Crippen LogP contribution is 2.17. The van der Waals surface area contributed by atoms with Crippen LogP contribution in [0, 0.1) is 5.92 Å². The third-order valence-corrected chi connectivity index (χ3v) is 2.47. The van der Waals surface area contributed by atoms with Gasteiger partial charge in [-0.25, -0.2) is 0 Å². The minimum absolute atomic E-state index is 0.404. The summed E-state index contributed by atoms with van der Waals surface area (Å²) in [6, 6.07) is 4.96. The van der Waals surface area contributed by atoms with Crippen LogP contribution in [-0.4, -0.2) is 12.5 Å². The fourth-order valence-corrected chi connectivity index (χ4v) is 1.45. The van der Waals surface area contributed by atoms with Crippen LogP contribution in [-0.2, 0) is 11.4 Å². The number of hydrogen-bond donors (Lipinski definition) is 2. The second kappa shape index (κ2) is 6.59. The molecule has 17 heavy (non-hydrogen) atoms. The Bertz CT molecular complexity index is 394. The van der Waals surface area contributed by atoms with E-state index in [1.54, 1.807) is 18.2 Å². The van der Waals surface area contributed by atoms with Crippen LogP contribution < -0.4 is 11.2 Å². The topological polar surface area (TPSA) is 64.3 Å². The van der Waals surface area contributed by atoms with Crippen LogP contribution in [0.1, 0.15) is 29.8 Å². The summed E-state index contributed by atoms with van der Waals surface area (Å²) in [6.07, 6.45) is 0. The predicted molar refractivity (Wildman–Crippen MR) is 67.6 cm³/mol. The van der Waals surface area contributed by atoms with E-state index in [0.717, 1.165) is 5.56 Å². The lowest BCUT2D eigenvalue weighted by Gasteiger charge is -2.09. The van der Waals surface area contributed by atoms with Gasteiger partial charge in [0.2, 0.25) is 5.91 Å². The number of carbonyl (C=O) groups is 1. The molecular formula is C12H17ClN2O2. The van der Waals surface area contributed by atoms with E-state index >= 15 is 0 Å². The van der Waals surface area contributed by atoms with Gasteiger partial charge in [0.1, 0.15) is 0 Å². The summed E-state index contributed by atoms with van der Waals surface area (Å²) < 4.78 is 0. The fourth-order valence-electron chi connectivity index (χ4n) is 1.20. The summed E-state index contributed by atoms with van der Waals surface area (Å²) in [4.78, 5) is 16.2. The number of rotatable bonds is 6. The summed E-state index contributed by atoms with van der Waals surface area (Å²) in [6.45, 7) is 5.26. The molecule has 0 spiro atoms. The van der Waals surface area contributed by atoms with Gasteiger partial charge in [0.25, 0.3) is 0 Å². The highest BCUT2D eigenvalue weighted by Gasteiger charge is 2.05. The molecule has 1 amide bonds. The molecule has 0 saturated heterocycles. The van der Waals surface area contributed by atoms with E-state index in [1.807, 2.05) is 0 Å². The maximum atomic E-state index is 10.9. The van der Waals surface area contributed by atoms with Gasteiger partial charge in [-0.15, -0.1) is 0 Å². The number of nitrogens with two attached hydrogens (primary N) is 1. The fraction of sp³-hybridized carbons (Fsp3) is 0.417. The number of benzene rings is 1. The molecule has 94 valence electrons. The van der Waals surface area contributed by atoms with Gasteiger partial charge in [-0.1, -0.05) is 31.5 Å². The molecule has 0 fully saturated rings. The van der Waals surface area contributed by atoms with Crippen LogP contribution in [0.5, 0.6) is 0 Å². The number of nitrogens with one attached hydrogen (secondary N) is 1. The lowest BCUT2D eigenvalue weighted by atomic mass is 10.1. The monoisotopic (exact) mass is 256 g/mol. The van der Waals surface area contributed by atoms with Crippen LogP contribution in [0.4, 0.5) is 0 Å². The van der Waals surface area contributed by atoms with Gasteiger partial charge in [0.05, 0.1) is 6.61 Å². The third-order valence-electron chi connectivity index (χ3n) is 2.12. The molecule has 0 aliphatic carbocycles. The van der Waals surface area contributed by atoms with Gasteiger partial charge in [-0.05, 0) is 23.6 Å². The highest BCUT2D eigenvalue weighted by molar-refractivity contribution is 6.31. The minimum Gasteiger partial charge on any atom is -0.366 e. The number of hydroxylamine groups is 1. The Morgan fingerprint density at radius 1 is 1.53 bits per heavy atom. The van der Waals surface area contributed by atoms with E-state index in [0.29, 0.717) is 29.7 Å². The Morgan fingerprint density at radius 2 is 2.24 bits per heavy atom. The number of halogens is 1. The number of carbonyl (C=O) groups excluding carboxylic acids is 1. The molecular weight excluding hydrogens is 240 g/mol. The average Bonchev–Trinajstić information content (AvgIpc) is 2.25. The second-order valence-electron chi connectivity index (χ2n) is 4.20. The summed E-state index contributed by atoms with van der Waals surface area (Å²) in [5.74, 6) is -0.0160. The first kappa shape index (κ1) is 14.0. The van der Waals surface area contributed by atoms with E-state index in [1.165, 1.54) is 0 Å². The Hall–Kier alpha value is -1.10. The normalized spacial score (nSPS) is 10.8. The molecule has 0 aromatic heterocycles. The molecule has 5 heteroatoms. The zero-order chi connectivity index (χ0) is 12.8. The van der Waals surface area contributed by atoms with E-state index < -0.39 is 5.91 Å². The first-order valence-corrected chi connectivity index (χ1v) is 5.81. The number of primary amides is 1. The number of amides is 1. The first-order chi connectivity index (χ1) is 8.00. The Labute approximate surface area is 106 Å². The Balaban J connectivity index is 2.52. The van der Waals surface area contributed by atoms with Crippen LogP contribution in [0.15, 0.2) is 18.2 Å². The third kappa shape index (κ3) is 4.73. The van der Waals surface area contributed by atoms with Crippen molar-refractivity contribution in [2.45, 2.75) is 20.4 Å². The van der Waals surface area contributed by atoms with Crippen molar-refractivity contribution < 1.29 is 9.63 Å². The molecule has 1 aromatic carbocycles. The number of hydrogen-bond acceptors (Lipinski definition) is 3. The lowest BCUT2D eigenvalue weighted by molar-refractivity contribution is 0.0196. The SMILES string of the molecule is CC(C)CONCc1ccc(C(N)=O)cc1Cl. The van der Waals surface area contributed by atoms with Crippen molar-refractivity contribution in [3.05, 3.63) is 34.3 Å². The van der Waals surface area contributed by atoms with Gasteiger partial charge >= 0.3 is 0 Å². The molecule has 0 radical (unpaired) electrons. The van der Waals surface area contributed by atoms with Crippen LogP contribution in [0.2, 0.25) is 5.02 Å². The van der Waals surface area contributed by atoms with Crippen LogP contribution >= 0.6 is 11.6 Å². The Kier molecular flexibility index (Phi) is 5.41. The van der Waals surface area contributed by atoms with Gasteiger partial charge in [-0.2, -0.15) is 5.48 Å². The average molecular weight is 257 g/mol. The maximum Gasteiger partial charge on any atom is 0.248 e. The van der Waals surface area contributed by atoms with Crippen molar-refractivity contribution in [3.8, 4) is 0 Å². The summed E-state index contributed by atoms with van der Waals surface area (Å²) >= 11 is 6.01. The molecule has 0 bridgehead atoms. The van der Waals surface area contributed by atoms with Crippen molar-refractivity contribution in [1.29, 1.82) is 0 Å². The standard InChI is InChI=1S/C12H17ClN2O2/c1-8(2)7-17-15-6-10-4-3-9(12(14)16)5-11(10)13/h3-5,8,15H,6-7H2,1-2H3,(H2,14,16). The lowest BCUT2D eigenvalue weighted by Crippen LogP contribution is -2.18. The molecule has 0 aliphatic heterocycles. The van der Waals surface area contributed by atoms with E-state index in [4.69, 9.17) is 22.2 Å². The van der Waals surface area contributed by atoms with Gasteiger partial charge < -0.3 is 10.6 Å². The smallest absolute Gasteiger partial charge is 0.248 e. The van der Waals surface area contributed by atoms with Crippen molar-refractivity contribution in [3.63, 3.8) is 0 Å². The zero-order valence-corrected chi connectivity index (χ0v) is 10.8. The first-order valence-electron chi connectivity index (χ1n) is 5.43. The minimum atomic E-state index is -0.484. The van der Waals surface area contributed by atoms with Crippen molar-refractivity contribution in [2.24, 2.45) is 11.7 Å². The largest absolute Gasteiger partial charge is 0.366 e. The summed E-state index contributed by atoms with van der Waals surface area (Å²) in [7, 11) is 0. The quantitative estimate of drug-likeness (QED) is 0.605. The van der Waals surface area contributed by atoms with Gasteiger partial charge in [-0.3, -0.25) is 4.79 Å². The molecule has 0 heterocycles. The zero-order valence-electron chi connectivity index (χ0n) is 10.00. The second-order valence-corrected chi connectivity index (χ2v) is 4.60. The van der Waals surface area contributed by atoms with Crippen molar-refractivity contribution >= 4 is 17.5 Å². The van der Waals surface area contributed by atoms with Gasteiger partial charge in [0.15, 0.2) is 0 Å². The highest BCUT2D eigenvalue weighted by atomic mass is 35.5.